The molecule has 1 N–H and O–H groups in total. The molecule has 4 nitrogen and oxygen atoms in total. The predicted molar refractivity (Wildman–Crippen MR) is 88.8 cm³/mol. The number of benzene rings is 1. The number of rotatable bonds is 4. The minimum Gasteiger partial charge on any atom is -0.461 e. The molecule has 0 bridgehead atoms. The van der Waals surface area contributed by atoms with E-state index in [0.29, 0.717) is 19.4 Å². The van der Waals surface area contributed by atoms with Crippen LogP contribution in [-0.4, -0.2) is 35.1 Å². The Labute approximate surface area is 136 Å². The van der Waals surface area contributed by atoms with Gasteiger partial charge in [0.2, 0.25) is 5.91 Å². The molecule has 0 saturated carbocycles. The largest absolute Gasteiger partial charge is 0.461 e. The lowest BCUT2D eigenvalue weighted by molar-refractivity contribution is -0.135. The second-order valence-corrected chi connectivity index (χ2v) is 6.31. The Morgan fingerprint density at radius 1 is 1.26 bits per heavy atom. The van der Waals surface area contributed by atoms with E-state index in [2.05, 4.69) is 0 Å². The van der Waals surface area contributed by atoms with E-state index in [9.17, 15) is 9.90 Å². The summed E-state index contributed by atoms with van der Waals surface area (Å²) >= 11 is 0. The van der Waals surface area contributed by atoms with Crippen LogP contribution in [0.3, 0.4) is 0 Å². The lowest BCUT2D eigenvalue weighted by Gasteiger charge is -2.34. The summed E-state index contributed by atoms with van der Waals surface area (Å²) < 4.78 is 5.83. The highest BCUT2D eigenvalue weighted by atomic mass is 16.3. The number of piperidine rings is 1. The summed E-state index contributed by atoms with van der Waals surface area (Å²) in [6, 6.07) is 13.8. The number of hydrogen-bond acceptors (Lipinski definition) is 3. The number of aryl methyl sites for hydroxylation is 1. The van der Waals surface area contributed by atoms with Crippen molar-refractivity contribution in [1.29, 1.82) is 0 Å². The molecule has 1 aromatic carbocycles. The molecule has 0 radical (unpaired) electrons. The summed E-state index contributed by atoms with van der Waals surface area (Å²) in [7, 11) is 0. The third-order valence-electron chi connectivity index (χ3n) is 4.58. The highest BCUT2D eigenvalue weighted by molar-refractivity contribution is 5.76. The van der Waals surface area contributed by atoms with Crippen molar-refractivity contribution in [2.24, 2.45) is 5.92 Å². The summed E-state index contributed by atoms with van der Waals surface area (Å²) in [5, 5.41) is 9.90. The van der Waals surface area contributed by atoms with Crippen LogP contribution in [-0.2, 0) is 11.2 Å². The van der Waals surface area contributed by atoms with Crippen molar-refractivity contribution < 1.29 is 14.3 Å². The van der Waals surface area contributed by atoms with Gasteiger partial charge in [-0.1, -0.05) is 37.3 Å². The minimum absolute atomic E-state index is 0.0913. The van der Waals surface area contributed by atoms with Crippen LogP contribution in [0.2, 0.25) is 0 Å². The van der Waals surface area contributed by atoms with E-state index in [4.69, 9.17) is 4.42 Å². The van der Waals surface area contributed by atoms with Crippen LogP contribution in [0.5, 0.6) is 0 Å². The van der Waals surface area contributed by atoms with E-state index >= 15 is 0 Å². The Bertz CT molecular complexity index is 650. The van der Waals surface area contributed by atoms with Gasteiger partial charge in [0, 0.05) is 31.5 Å². The number of furan rings is 1. The number of aliphatic hydroxyl groups excluding tert-OH is 1. The van der Waals surface area contributed by atoms with E-state index < -0.39 is 6.10 Å². The van der Waals surface area contributed by atoms with Gasteiger partial charge >= 0.3 is 0 Å². The highest BCUT2D eigenvalue weighted by Crippen LogP contribution is 2.23. The Morgan fingerprint density at radius 3 is 2.78 bits per heavy atom. The lowest BCUT2D eigenvalue weighted by Crippen LogP contribution is -2.45. The summed E-state index contributed by atoms with van der Waals surface area (Å²) in [5.41, 5.74) is 1.04. The first-order valence-electron chi connectivity index (χ1n) is 8.23. The average Bonchev–Trinajstić information content (AvgIpc) is 3.05. The van der Waals surface area contributed by atoms with Crippen molar-refractivity contribution in [3.63, 3.8) is 0 Å². The predicted octanol–water partition coefficient (Wildman–Crippen LogP) is 3.11. The zero-order valence-electron chi connectivity index (χ0n) is 13.4. The number of β-amino-alcohol motifs (C(OH)–C–C–N with tert-alkyl or cyclic N) is 1. The number of likely N-dealkylation sites (tertiary alicyclic amines) is 1. The normalized spacial score (nSPS) is 21.4. The molecule has 3 rings (SSSR count). The molecule has 2 atom stereocenters. The van der Waals surface area contributed by atoms with Gasteiger partial charge in [-0.3, -0.25) is 4.79 Å². The van der Waals surface area contributed by atoms with Crippen molar-refractivity contribution in [2.45, 2.75) is 32.3 Å². The van der Waals surface area contributed by atoms with Gasteiger partial charge in [-0.15, -0.1) is 0 Å². The number of aliphatic hydroxyl groups is 1. The number of carbonyl (C=O) groups is 1. The zero-order chi connectivity index (χ0) is 16.2. The van der Waals surface area contributed by atoms with E-state index in [0.717, 1.165) is 30.0 Å². The molecule has 1 saturated heterocycles. The fraction of sp³-hybridized carbons (Fsp3) is 0.421. The number of carbonyl (C=O) groups excluding carboxylic acids is 1. The fourth-order valence-corrected chi connectivity index (χ4v) is 2.93. The topological polar surface area (TPSA) is 53.7 Å². The molecule has 1 fully saturated rings. The van der Waals surface area contributed by atoms with Gasteiger partial charge in [0.1, 0.15) is 11.5 Å². The Kier molecular flexibility index (Phi) is 4.82. The molecule has 0 aliphatic carbocycles. The SMILES string of the molecule is CC1CCN(C(=O)CCc2ccc(-c3ccccc3)o2)CC1O. The molecule has 0 spiro atoms. The molecule has 4 heteroatoms. The second-order valence-electron chi connectivity index (χ2n) is 6.31. The Balaban J connectivity index is 1.55. The summed E-state index contributed by atoms with van der Waals surface area (Å²) in [4.78, 5) is 14.0. The maximum atomic E-state index is 12.3. The van der Waals surface area contributed by atoms with Crippen LogP contribution in [0.15, 0.2) is 46.9 Å². The Hall–Kier alpha value is -2.07. The van der Waals surface area contributed by atoms with Gasteiger partial charge in [-0.25, -0.2) is 0 Å². The molecule has 23 heavy (non-hydrogen) atoms. The van der Waals surface area contributed by atoms with Crippen molar-refractivity contribution in [1.82, 2.24) is 4.90 Å². The highest BCUT2D eigenvalue weighted by Gasteiger charge is 2.27. The lowest BCUT2D eigenvalue weighted by atomic mass is 9.96. The first-order chi connectivity index (χ1) is 11.1. The van der Waals surface area contributed by atoms with Crippen LogP contribution < -0.4 is 0 Å². The molecule has 2 unspecified atom stereocenters. The van der Waals surface area contributed by atoms with Gasteiger partial charge < -0.3 is 14.4 Å². The van der Waals surface area contributed by atoms with Crippen LogP contribution in [0.4, 0.5) is 0 Å². The van der Waals surface area contributed by atoms with Crippen molar-refractivity contribution in [2.75, 3.05) is 13.1 Å². The average molecular weight is 313 g/mol. The number of hydrogen-bond donors (Lipinski definition) is 1. The number of nitrogens with zero attached hydrogens (tertiary/aromatic N) is 1. The van der Waals surface area contributed by atoms with E-state index in [-0.39, 0.29) is 11.8 Å². The van der Waals surface area contributed by atoms with E-state index in [1.54, 1.807) is 4.90 Å². The Morgan fingerprint density at radius 2 is 2.04 bits per heavy atom. The molecule has 1 amide bonds. The molecule has 2 aromatic rings. The molecule has 1 aromatic heterocycles. The van der Waals surface area contributed by atoms with Crippen LogP contribution in [0, 0.1) is 5.92 Å². The molecular formula is C19H23NO3. The molecule has 122 valence electrons. The van der Waals surface area contributed by atoms with Gasteiger partial charge in [-0.2, -0.15) is 0 Å². The summed E-state index contributed by atoms with van der Waals surface area (Å²) in [6.07, 6.45) is 1.48. The van der Waals surface area contributed by atoms with Crippen LogP contribution in [0.1, 0.15) is 25.5 Å². The standard InChI is InChI=1S/C19H23NO3/c1-14-11-12-20(13-17(14)21)19(22)10-8-16-7-9-18(23-16)15-5-3-2-4-6-15/h2-7,9,14,17,21H,8,10-13H2,1H3. The van der Waals surface area contributed by atoms with Crippen molar-refractivity contribution in [3.05, 3.63) is 48.2 Å². The van der Waals surface area contributed by atoms with Gasteiger partial charge in [0.25, 0.3) is 0 Å². The molecule has 2 heterocycles. The maximum Gasteiger partial charge on any atom is 0.223 e. The minimum atomic E-state index is -0.402. The third kappa shape index (κ3) is 3.82. The summed E-state index contributed by atoms with van der Waals surface area (Å²) in [5.74, 6) is 2.02. The van der Waals surface area contributed by atoms with E-state index in [1.165, 1.54) is 0 Å². The fourth-order valence-electron chi connectivity index (χ4n) is 2.93. The van der Waals surface area contributed by atoms with Crippen LogP contribution >= 0.6 is 0 Å². The third-order valence-corrected chi connectivity index (χ3v) is 4.58. The quantitative estimate of drug-likeness (QED) is 0.943. The molecule has 1 aliphatic rings. The van der Waals surface area contributed by atoms with Gasteiger partial charge in [0.15, 0.2) is 0 Å². The molecular weight excluding hydrogens is 290 g/mol. The first-order valence-corrected chi connectivity index (χ1v) is 8.23. The monoisotopic (exact) mass is 313 g/mol. The second kappa shape index (κ2) is 7.01. The van der Waals surface area contributed by atoms with Crippen molar-refractivity contribution >= 4 is 5.91 Å². The molecule has 1 aliphatic heterocycles. The zero-order valence-corrected chi connectivity index (χ0v) is 13.4. The van der Waals surface area contributed by atoms with Crippen LogP contribution in [0.25, 0.3) is 11.3 Å². The summed E-state index contributed by atoms with van der Waals surface area (Å²) in [6.45, 7) is 3.22. The van der Waals surface area contributed by atoms with Gasteiger partial charge in [-0.05, 0) is 24.5 Å². The smallest absolute Gasteiger partial charge is 0.223 e. The van der Waals surface area contributed by atoms with Crippen molar-refractivity contribution in [3.8, 4) is 11.3 Å². The first kappa shape index (κ1) is 15.8. The van der Waals surface area contributed by atoms with Gasteiger partial charge in [0.05, 0.1) is 6.10 Å². The number of amides is 1. The van der Waals surface area contributed by atoms with E-state index in [1.807, 2.05) is 49.4 Å². The maximum absolute atomic E-state index is 12.3.